The zero-order valence-corrected chi connectivity index (χ0v) is 14.8. The Kier molecular flexibility index (Phi) is 3.73. The summed E-state index contributed by atoms with van der Waals surface area (Å²) < 4.78 is 28.1. The van der Waals surface area contributed by atoms with Crippen LogP contribution in [0.25, 0.3) is 11.0 Å². The Hall–Kier alpha value is -2.87. The number of fused-ring (bicyclic) bond motifs is 1. The molecule has 134 valence electrons. The minimum atomic E-state index is -3.84. The molecule has 1 heterocycles. The molecule has 2 aromatic carbocycles. The van der Waals surface area contributed by atoms with Crippen LogP contribution >= 0.6 is 0 Å². The molecule has 1 saturated carbocycles. The molecule has 0 atom stereocenters. The number of anilines is 1. The number of aromatic amines is 2. The highest BCUT2D eigenvalue weighted by molar-refractivity contribution is 7.92. The lowest BCUT2D eigenvalue weighted by atomic mass is 10.1. The molecule has 0 spiro atoms. The van der Waals surface area contributed by atoms with Gasteiger partial charge in [0.05, 0.1) is 15.9 Å². The van der Waals surface area contributed by atoms with Crippen LogP contribution in [-0.4, -0.2) is 18.4 Å². The Morgan fingerprint density at radius 3 is 2.12 bits per heavy atom. The minimum absolute atomic E-state index is 0.0407. The maximum absolute atomic E-state index is 12.8. The summed E-state index contributed by atoms with van der Waals surface area (Å²) in [5, 5.41) is 0. The molecule has 3 aromatic rings. The third-order valence-corrected chi connectivity index (χ3v) is 6.04. The second kappa shape index (κ2) is 5.84. The lowest BCUT2D eigenvalue weighted by Crippen LogP contribution is -2.29. The number of benzene rings is 2. The molecule has 1 aromatic heterocycles. The molecule has 0 saturated heterocycles. The molecular weight excluding hydrogens is 354 g/mol. The Bertz CT molecular complexity index is 1220. The van der Waals surface area contributed by atoms with Gasteiger partial charge in [0.25, 0.3) is 10.0 Å². The average Bonchev–Trinajstić information content (AvgIpc) is 3.41. The highest BCUT2D eigenvalue weighted by Gasteiger charge is 2.23. The van der Waals surface area contributed by atoms with Crippen molar-refractivity contribution in [3.05, 3.63) is 68.2 Å². The van der Waals surface area contributed by atoms with Crippen LogP contribution in [0.5, 0.6) is 0 Å². The Balaban J connectivity index is 1.72. The number of aryl methyl sites for hydroxylation is 1. The van der Waals surface area contributed by atoms with E-state index in [1.807, 2.05) is 12.1 Å². The van der Waals surface area contributed by atoms with Crippen molar-refractivity contribution in [3.8, 4) is 0 Å². The quantitative estimate of drug-likeness (QED) is 0.610. The zero-order valence-electron chi connectivity index (χ0n) is 14.0. The molecule has 1 fully saturated rings. The maximum atomic E-state index is 12.8. The van der Waals surface area contributed by atoms with Crippen LogP contribution in [0.15, 0.2) is 50.9 Å². The molecule has 1 aliphatic carbocycles. The Labute approximate surface area is 149 Å². The summed E-state index contributed by atoms with van der Waals surface area (Å²) in [5.74, 6) is 0.599. The summed E-state index contributed by atoms with van der Waals surface area (Å²) in [7, 11) is -3.84. The van der Waals surface area contributed by atoms with E-state index < -0.39 is 21.1 Å². The average molecular weight is 371 g/mol. The number of hydrogen-bond acceptors (Lipinski definition) is 4. The van der Waals surface area contributed by atoms with Crippen LogP contribution < -0.4 is 15.8 Å². The summed E-state index contributed by atoms with van der Waals surface area (Å²) in [6.07, 6.45) is 2.36. The van der Waals surface area contributed by atoms with Gasteiger partial charge in [0.15, 0.2) is 0 Å². The minimum Gasteiger partial charge on any atom is -0.316 e. The van der Waals surface area contributed by atoms with Crippen molar-refractivity contribution in [2.24, 2.45) is 0 Å². The molecule has 1 aliphatic rings. The lowest BCUT2D eigenvalue weighted by Gasteiger charge is -2.12. The molecule has 0 unspecified atom stereocenters. The van der Waals surface area contributed by atoms with Gasteiger partial charge in [-0.1, -0.05) is 12.1 Å². The summed E-state index contributed by atoms with van der Waals surface area (Å²) in [6, 6.07) is 10.2. The van der Waals surface area contributed by atoms with E-state index in [0.29, 0.717) is 22.7 Å². The second-order valence-electron chi connectivity index (χ2n) is 6.57. The van der Waals surface area contributed by atoms with Crippen LogP contribution in [0, 0.1) is 6.92 Å². The summed E-state index contributed by atoms with van der Waals surface area (Å²) in [6.45, 7) is 1.63. The van der Waals surface area contributed by atoms with Gasteiger partial charge in [-0.25, -0.2) is 8.42 Å². The SMILES string of the molecule is Cc1cc2[nH]c(=O)c(=O)[nH]c2cc1S(=O)(=O)Nc1ccc(C2CC2)cc1. The molecule has 26 heavy (non-hydrogen) atoms. The van der Waals surface area contributed by atoms with Crippen molar-refractivity contribution in [1.29, 1.82) is 0 Å². The van der Waals surface area contributed by atoms with E-state index in [2.05, 4.69) is 14.7 Å². The molecule has 8 heteroatoms. The smallest absolute Gasteiger partial charge is 0.314 e. The van der Waals surface area contributed by atoms with Gasteiger partial charge in [0, 0.05) is 5.69 Å². The molecule has 7 nitrogen and oxygen atoms in total. The van der Waals surface area contributed by atoms with Gasteiger partial charge in [-0.2, -0.15) is 0 Å². The maximum Gasteiger partial charge on any atom is 0.314 e. The van der Waals surface area contributed by atoms with Gasteiger partial charge in [0.1, 0.15) is 0 Å². The number of nitrogens with one attached hydrogen (secondary N) is 3. The second-order valence-corrected chi connectivity index (χ2v) is 8.22. The topological polar surface area (TPSA) is 112 Å². The van der Waals surface area contributed by atoms with E-state index in [1.54, 1.807) is 19.1 Å². The summed E-state index contributed by atoms with van der Waals surface area (Å²) in [5.41, 5.74) is 1.18. The van der Waals surface area contributed by atoms with Gasteiger partial charge < -0.3 is 9.97 Å². The molecule has 0 amide bonds. The first-order valence-corrected chi connectivity index (χ1v) is 9.71. The monoisotopic (exact) mass is 371 g/mol. The normalized spacial score (nSPS) is 14.5. The first-order valence-electron chi connectivity index (χ1n) is 8.23. The third kappa shape index (κ3) is 3.03. The third-order valence-electron chi connectivity index (χ3n) is 4.52. The number of H-pyrrole nitrogens is 2. The van der Waals surface area contributed by atoms with Crippen molar-refractivity contribution >= 4 is 26.7 Å². The fraction of sp³-hybridized carbons (Fsp3) is 0.222. The molecular formula is C18H17N3O4S. The van der Waals surface area contributed by atoms with E-state index in [-0.39, 0.29) is 10.4 Å². The van der Waals surface area contributed by atoms with Crippen LogP contribution in [0.2, 0.25) is 0 Å². The van der Waals surface area contributed by atoms with Crippen LogP contribution in [0.4, 0.5) is 5.69 Å². The summed E-state index contributed by atoms with van der Waals surface area (Å²) in [4.78, 5) is 27.8. The predicted molar refractivity (Wildman–Crippen MR) is 99.2 cm³/mol. The number of aromatic nitrogens is 2. The molecule has 0 bridgehead atoms. The zero-order chi connectivity index (χ0) is 18.5. The van der Waals surface area contributed by atoms with Crippen LogP contribution in [0.1, 0.15) is 29.9 Å². The van der Waals surface area contributed by atoms with Crippen molar-refractivity contribution in [2.45, 2.75) is 30.6 Å². The summed E-state index contributed by atoms with van der Waals surface area (Å²) >= 11 is 0. The molecule has 0 radical (unpaired) electrons. The highest BCUT2D eigenvalue weighted by atomic mass is 32.2. The standard InChI is InChI=1S/C18H17N3O4S/c1-10-8-14-15(20-18(23)17(22)19-14)9-16(10)26(24,25)21-13-6-4-12(5-7-13)11-2-3-11/h4-9,11,21H,2-3H2,1H3,(H,19,22)(H,20,23). The number of rotatable bonds is 4. The predicted octanol–water partition coefficient (Wildman–Crippen LogP) is 2.20. The van der Waals surface area contributed by atoms with E-state index in [9.17, 15) is 18.0 Å². The Morgan fingerprint density at radius 2 is 1.54 bits per heavy atom. The van der Waals surface area contributed by atoms with Gasteiger partial charge in [-0.3, -0.25) is 14.3 Å². The van der Waals surface area contributed by atoms with Crippen molar-refractivity contribution in [3.63, 3.8) is 0 Å². The van der Waals surface area contributed by atoms with Crippen molar-refractivity contribution in [1.82, 2.24) is 9.97 Å². The van der Waals surface area contributed by atoms with E-state index in [1.165, 1.54) is 30.5 Å². The molecule has 3 N–H and O–H groups in total. The first-order chi connectivity index (χ1) is 12.3. The first kappa shape index (κ1) is 16.6. The fourth-order valence-corrected chi connectivity index (χ4v) is 4.30. The number of sulfonamides is 1. The van der Waals surface area contributed by atoms with Crippen molar-refractivity contribution in [2.75, 3.05) is 4.72 Å². The van der Waals surface area contributed by atoms with Crippen molar-refractivity contribution < 1.29 is 8.42 Å². The largest absolute Gasteiger partial charge is 0.316 e. The van der Waals surface area contributed by atoms with E-state index in [4.69, 9.17) is 0 Å². The van der Waals surface area contributed by atoms with Gasteiger partial charge >= 0.3 is 11.1 Å². The van der Waals surface area contributed by atoms with Crippen LogP contribution in [0.3, 0.4) is 0 Å². The highest BCUT2D eigenvalue weighted by Crippen LogP contribution is 2.40. The fourth-order valence-electron chi connectivity index (χ4n) is 2.99. The molecule has 4 rings (SSSR count). The van der Waals surface area contributed by atoms with Gasteiger partial charge in [0.2, 0.25) is 0 Å². The van der Waals surface area contributed by atoms with Gasteiger partial charge in [-0.15, -0.1) is 0 Å². The van der Waals surface area contributed by atoms with E-state index in [0.717, 1.165) is 0 Å². The molecule has 0 aliphatic heterocycles. The lowest BCUT2D eigenvalue weighted by molar-refractivity contribution is 0.600. The van der Waals surface area contributed by atoms with Gasteiger partial charge in [-0.05, 0) is 61.1 Å². The number of hydrogen-bond donors (Lipinski definition) is 3. The van der Waals surface area contributed by atoms with E-state index >= 15 is 0 Å². The Morgan fingerprint density at radius 1 is 0.962 bits per heavy atom. The van der Waals surface area contributed by atoms with Crippen LogP contribution in [-0.2, 0) is 10.0 Å².